The average molecular weight is 440 g/mol. The van der Waals surface area contributed by atoms with Crippen LogP contribution in [0.1, 0.15) is 80.2 Å². The van der Waals surface area contributed by atoms with Crippen LogP contribution in [0.5, 0.6) is 0 Å². The molecule has 0 saturated heterocycles. The molecule has 0 bridgehead atoms. The quantitative estimate of drug-likeness (QED) is 0.648. The SMILES string of the molecule is COC(=O)CCc1c(C)nn(-c2ccc(C(=O)NC3CCC(C(C)(C)C)CC3)cc2)c1C. The van der Waals surface area contributed by atoms with Crippen LogP contribution in [0.25, 0.3) is 5.69 Å². The maximum atomic E-state index is 12.8. The number of carbonyl (C=O) groups is 2. The number of esters is 1. The number of ether oxygens (including phenoxy) is 1. The Kier molecular flexibility index (Phi) is 7.42. The molecule has 1 fully saturated rings. The first-order valence-corrected chi connectivity index (χ1v) is 11.6. The summed E-state index contributed by atoms with van der Waals surface area (Å²) in [5.74, 6) is 0.495. The lowest BCUT2D eigenvalue weighted by Gasteiger charge is -2.37. The Balaban J connectivity index is 1.63. The molecule has 32 heavy (non-hydrogen) atoms. The number of hydrogen-bond acceptors (Lipinski definition) is 4. The largest absolute Gasteiger partial charge is 0.469 e. The molecular weight excluding hydrogens is 402 g/mol. The maximum Gasteiger partial charge on any atom is 0.305 e. The molecule has 1 aliphatic carbocycles. The number of carbonyl (C=O) groups excluding carboxylic acids is 2. The zero-order valence-electron chi connectivity index (χ0n) is 20.3. The highest BCUT2D eigenvalue weighted by Gasteiger charge is 2.30. The van der Waals surface area contributed by atoms with Crippen LogP contribution >= 0.6 is 0 Å². The fourth-order valence-corrected chi connectivity index (χ4v) is 4.74. The van der Waals surface area contributed by atoms with Crippen LogP contribution in [0, 0.1) is 25.2 Å². The van der Waals surface area contributed by atoms with Gasteiger partial charge in [-0.3, -0.25) is 9.59 Å². The number of methoxy groups -OCH3 is 1. The van der Waals surface area contributed by atoms with Crippen LogP contribution in [-0.4, -0.2) is 34.8 Å². The van der Waals surface area contributed by atoms with Crippen LogP contribution in [0.4, 0.5) is 0 Å². The van der Waals surface area contributed by atoms with Gasteiger partial charge in [-0.15, -0.1) is 0 Å². The molecule has 1 saturated carbocycles. The fourth-order valence-electron chi connectivity index (χ4n) is 4.74. The Labute approximate surface area is 191 Å². The molecule has 1 N–H and O–H groups in total. The fraction of sp³-hybridized carbons (Fsp3) is 0.577. The van der Waals surface area contributed by atoms with Gasteiger partial charge in [0.1, 0.15) is 0 Å². The molecule has 1 amide bonds. The lowest BCUT2D eigenvalue weighted by Crippen LogP contribution is -2.39. The van der Waals surface area contributed by atoms with Crippen molar-refractivity contribution in [1.82, 2.24) is 15.1 Å². The third-order valence-electron chi connectivity index (χ3n) is 6.91. The summed E-state index contributed by atoms with van der Waals surface area (Å²) >= 11 is 0. The van der Waals surface area contributed by atoms with E-state index in [1.807, 2.05) is 42.8 Å². The minimum Gasteiger partial charge on any atom is -0.469 e. The summed E-state index contributed by atoms with van der Waals surface area (Å²) in [5, 5.41) is 7.86. The Morgan fingerprint density at radius 1 is 1.09 bits per heavy atom. The summed E-state index contributed by atoms with van der Waals surface area (Å²) in [4.78, 5) is 24.3. The molecule has 0 spiro atoms. The van der Waals surface area contributed by atoms with Gasteiger partial charge in [-0.05, 0) is 87.1 Å². The molecule has 3 rings (SSSR count). The zero-order chi connectivity index (χ0) is 23.5. The van der Waals surface area contributed by atoms with Crippen molar-refractivity contribution in [2.24, 2.45) is 11.3 Å². The predicted molar refractivity (Wildman–Crippen MR) is 126 cm³/mol. The number of aromatic nitrogens is 2. The molecule has 174 valence electrons. The van der Waals surface area contributed by atoms with Crippen molar-refractivity contribution in [3.8, 4) is 5.69 Å². The molecule has 1 aromatic carbocycles. The summed E-state index contributed by atoms with van der Waals surface area (Å²) < 4.78 is 6.62. The lowest BCUT2D eigenvalue weighted by atomic mass is 9.71. The average Bonchev–Trinajstić information content (AvgIpc) is 3.05. The molecule has 1 heterocycles. The van der Waals surface area contributed by atoms with Crippen LogP contribution in [-0.2, 0) is 16.0 Å². The van der Waals surface area contributed by atoms with Crippen LogP contribution in [0.15, 0.2) is 24.3 Å². The van der Waals surface area contributed by atoms with E-state index in [2.05, 4.69) is 31.2 Å². The molecule has 6 nitrogen and oxygen atoms in total. The number of benzene rings is 1. The molecular formula is C26H37N3O3. The first kappa shape index (κ1) is 24.0. The highest BCUT2D eigenvalue weighted by molar-refractivity contribution is 5.94. The Morgan fingerprint density at radius 2 is 1.72 bits per heavy atom. The third-order valence-corrected chi connectivity index (χ3v) is 6.91. The zero-order valence-corrected chi connectivity index (χ0v) is 20.3. The minimum absolute atomic E-state index is 0.0112. The van der Waals surface area contributed by atoms with E-state index in [9.17, 15) is 9.59 Å². The number of aryl methyl sites for hydroxylation is 1. The second-order valence-electron chi connectivity index (χ2n) is 10.1. The van der Waals surface area contributed by atoms with Crippen LogP contribution in [0.3, 0.4) is 0 Å². The van der Waals surface area contributed by atoms with Crippen molar-refractivity contribution in [3.63, 3.8) is 0 Å². The van der Waals surface area contributed by atoms with Crippen molar-refractivity contribution < 1.29 is 14.3 Å². The van der Waals surface area contributed by atoms with E-state index in [4.69, 9.17) is 4.74 Å². The van der Waals surface area contributed by atoms with Gasteiger partial charge in [0.05, 0.1) is 18.5 Å². The summed E-state index contributed by atoms with van der Waals surface area (Å²) in [6.45, 7) is 10.9. The molecule has 0 radical (unpaired) electrons. The van der Waals surface area contributed by atoms with E-state index in [0.717, 1.165) is 41.4 Å². The van der Waals surface area contributed by atoms with Gasteiger partial charge in [0.2, 0.25) is 0 Å². The number of amides is 1. The maximum absolute atomic E-state index is 12.8. The molecule has 0 aliphatic heterocycles. The Hall–Kier alpha value is -2.63. The number of nitrogens with one attached hydrogen (secondary N) is 1. The number of hydrogen-bond donors (Lipinski definition) is 1. The van der Waals surface area contributed by atoms with E-state index in [-0.39, 0.29) is 17.9 Å². The standard InChI is InChI=1S/C26H37N3O3/c1-17-23(15-16-24(30)32-6)18(2)29(28-17)22-13-7-19(8-14-22)25(31)27-21-11-9-20(10-12-21)26(3,4)5/h7-8,13-14,20-21H,9-12,15-16H2,1-6H3,(H,27,31). The summed E-state index contributed by atoms with van der Waals surface area (Å²) in [5.41, 5.74) is 4.87. The topological polar surface area (TPSA) is 73.2 Å². The smallest absolute Gasteiger partial charge is 0.305 e. The first-order valence-electron chi connectivity index (χ1n) is 11.6. The van der Waals surface area contributed by atoms with Crippen molar-refractivity contribution in [2.75, 3.05) is 7.11 Å². The van der Waals surface area contributed by atoms with E-state index in [0.29, 0.717) is 23.8 Å². The molecule has 0 atom stereocenters. The van der Waals surface area contributed by atoms with Gasteiger partial charge in [-0.2, -0.15) is 5.10 Å². The minimum atomic E-state index is -0.223. The van der Waals surface area contributed by atoms with Crippen LogP contribution in [0.2, 0.25) is 0 Å². The van der Waals surface area contributed by atoms with Gasteiger partial charge in [0.25, 0.3) is 5.91 Å². The van der Waals surface area contributed by atoms with E-state index in [1.165, 1.54) is 20.0 Å². The predicted octanol–water partition coefficient (Wildman–Crippen LogP) is 4.93. The third kappa shape index (κ3) is 5.59. The molecule has 1 aromatic heterocycles. The normalized spacial score (nSPS) is 18.9. The van der Waals surface area contributed by atoms with E-state index in [1.54, 1.807) is 0 Å². The number of rotatable bonds is 6. The molecule has 1 aliphatic rings. The van der Waals surface area contributed by atoms with Gasteiger partial charge in [-0.25, -0.2) is 4.68 Å². The lowest BCUT2D eigenvalue weighted by molar-refractivity contribution is -0.140. The summed E-state index contributed by atoms with van der Waals surface area (Å²) in [6.07, 6.45) is 5.37. The van der Waals surface area contributed by atoms with Crippen LogP contribution < -0.4 is 5.32 Å². The molecule has 6 heteroatoms. The van der Waals surface area contributed by atoms with Gasteiger partial charge in [-0.1, -0.05) is 20.8 Å². The highest BCUT2D eigenvalue weighted by Crippen LogP contribution is 2.37. The van der Waals surface area contributed by atoms with E-state index < -0.39 is 0 Å². The van der Waals surface area contributed by atoms with Gasteiger partial charge in [0.15, 0.2) is 0 Å². The second-order valence-corrected chi connectivity index (χ2v) is 10.1. The Bertz CT molecular complexity index is 946. The summed E-state index contributed by atoms with van der Waals surface area (Å²) in [6, 6.07) is 7.82. The Morgan fingerprint density at radius 3 is 2.28 bits per heavy atom. The van der Waals surface area contributed by atoms with Gasteiger partial charge >= 0.3 is 5.97 Å². The monoisotopic (exact) mass is 439 g/mol. The van der Waals surface area contributed by atoms with Crippen molar-refractivity contribution in [3.05, 3.63) is 46.8 Å². The van der Waals surface area contributed by atoms with Gasteiger partial charge < -0.3 is 10.1 Å². The van der Waals surface area contributed by atoms with Gasteiger partial charge in [0, 0.05) is 23.7 Å². The van der Waals surface area contributed by atoms with Crippen molar-refractivity contribution >= 4 is 11.9 Å². The first-order chi connectivity index (χ1) is 15.1. The highest BCUT2D eigenvalue weighted by atomic mass is 16.5. The second kappa shape index (κ2) is 9.88. The molecule has 0 unspecified atom stereocenters. The molecule has 2 aromatic rings. The van der Waals surface area contributed by atoms with Crippen molar-refractivity contribution in [1.29, 1.82) is 0 Å². The number of nitrogens with zero attached hydrogens (tertiary/aromatic N) is 2. The van der Waals surface area contributed by atoms with E-state index >= 15 is 0 Å². The van der Waals surface area contributed by atoms with Crippen molar-refractivity contribution in [2.45, 2.75) is 79.2 Å². The summed E-state index contributed by atoms with van der Waals surface area (Å²) in [7, 11) is 1.40.